The van der Waals surface area contributed by atoms with Gasteiger partial charge in [-0.2, -0.15) is 13.2 Å². The third-order valence-electron chi connectivity index (χ3n) is 9.31. The number of alkyl halides is 3. The molecule has 0 amide bonds. The Bertz CT molecular complexity index is 2650. The van der Waals surface area contributed by atoms with Crippen molar-refractivity contribution in [1.29, 1.82) is 0 Å². The first-order valence-corrected chi connectivity index (χ1v) is 16.0. The van der Waals surface area contributed by atoms with E-state index < -0.39 is 11.7 Å². The highest BCUT2D eigenvalue weighted by Gasteiger charge is 2.30. The maximum Gasteiger partial charge on any atom is 0.416 e. The van der Waals surface area contributed by atoms with Gasteiger partial charge in [0.05, 0.1) is 5.56 Å². The predicted molar refractivity (Wildman–Crippen MR) is 193 cm³/mol. The zero-order chi connectivity index (χ0) is 33.1. The molecule has 1 aromatic heterocycles. The number of hydrogen-bond donors (Lipinski definition) is 0. The van der Waals surface area contributed by atoms with Crippen LogP contribution < -0.4 is 0 Å². The summed E-state index contributed by atoms with van der Waals surface area (Å²) in [6.45, 7) is 0. The second kappa shape index (κ2) is 11.2. The van der Waals surface area contributed by atoms with Crippen molar-refractivity contribution in [3.8, 4) is 44.8 Å². The van der Waals surface area contributed by atoms with Crippen LogP contribution >= 0.6 is 0 Å². The second-order valence-electron chi connectivity index (χ2n) is 12.4. The summed E-state index contributed by atoms with van der Waals surface area (Å²) in [6.07, 6.45) is -4.35. The van der Waals surface area contributed by atoms with Crippen LogP contribution in [0.3, 0.4) is 0 Å². The number of fused-ring (bicyclic) bond motifs is 5. The monoisotopic (exact) mass is 641 g/mol. The number of para-hydroxylation sites is 2. The Morgan fingerprint density at radius 3 is 1.39 bits per heavy atom. The van der Waals surface area contributed by atoms with Crippen molar-refractivity contribution >= 4 is 43.4 Å². The molecule has 0 radical (unpaired) electrons. The number of aromatic nitrogens is 1. The van der Waals surface area contributed by atoms with E-state index in [2.05, 4.69) is 102 Å². The van der Waals surface area contributed by atoms with Crippen LogP contribution in [0.25, 0.3) is 88.3 Å². The predicted octanol–water partition coefficient (Wildman–Crippen LogP) is 13.0. The number of benzene rings is 8. The van der Waals surface area contributed by atoms with Gasteiger partial charge in [-0.05, 0) is 126 Å². The lowest BCUT2D eigenvalue weighted by molar-refractivity contribution is -0.137. The molecule has 0 aliphatic rings. The molecule has 49 heavy (non-hydrogen) atoms. The lowest BCUT2D eigenvalue weighted by Gasteiger charge is -2.11. The number of halogens is 3. The van der Waals surface area contributed by atoms with E-state index in [9.17, 15) is 13.2 Å². The molecular formula is C44H26F3NO. The smallest absolute Gasteiger partial charge is 0.416 e. The zero-order valence-electron chi connectivity index (χ0n) is 26.0. The minimum atomic E-state index is -4.35. The number of oxazole rings is 1. The van der Waals surface area contributed by atoms with Crippen LogP contribution in [0.4, 0.5) is 13.2 Å². The molecule has 0 N–H and O–H groups in total. The molecule has 9 aromatic rings. The molecule has 0 aliphatic carbocycles. The van der Waals surface area contributed by atoms with E-state index in [0.717, 1.165) is 83.7 Å². The number of rotatable bonds is 4. The van der Waals surface area contributed by atoms with Gasteiger partial charge in [0.15, 0.2) is 5.58 Å². The van der Waals surface area contributed by atoms with Crippen LogP contribution in [0, 0.1) is 0 Å². The van der Waals surface area contributed by atoms with Crippen molar-refractivity contribution < 1.29 is 17.6 Å². The molecule has 0 fully saturated rings. The van der Waals surface area contributed by atoms with Gasteiger partial charge in [0, 0.05) is 5.56 Å². The number of nitrogens with zero attached hydrogens (tertiary/aromatic N) is 1. The van der Waals surface area contributed by atoms with Gasteiger partial charge in [-0.1, -0.05) is 97.1 Å². The molecule has 9 rings (SSSR count). The van der Waals surface area contributed by atoms with Gasteiger partial charge >= 0.3 is 6.18 Å². The fourth-order valence-corrected chi connectivity index (χ4v) is 6.69. The number of hydrogen-bond acceptors (Lipinski definition) is 2. The summed E-state index contributed by atoms with van der Waals surface area (Å²) in [5.41, 5.74) is 8.11. The molecule has 0 atom stereocenters. The van der Waals surface area contributed by atoms with E-state index in [1.807, 2.05) is 36.4 Å². The lowest BCUT2D eigenvalue weighted by Crippen LogP contribution is -2.03. The van der Waals surface area contributed by atoms with Crippen molar-refractivity contribution in [1.82, 2.24) is 4.98 Å². The van der Waals surface area contributed by atoms with Crippen molar-refractivity contribution in [3.05, 3.63) is 163 Å². The average molecular weight is 642 g/mol. The first kappa shape index (κ1) is 29.0. The van der Waals surface area contributed by atoms with Crippen LogP contribution in [-0.2, 0) is 6.18 Å². The van der Waals surface area contributed by atoms with Crippen LogP contribution in [0.5, 0.6) is 0 Å². The Morgan fingerprint density at radius 2 is 0.837 bits per heavy atom. The molecule has 0 saturated heterocycles. The van der Waals surface area contributed by atoms with Crippen LogP contribution in [0.15, 0.2) is 162 Å². The molecule has 0 unspecified atom stereocenters. The summed E-state index contributed by atoms with van der Waals surface area (Å²) in [4.78, 5) is 4.62. The van der Waals surface area contributed by atoms with Gasteiger partial charge in [-0.15, -0.1) is 0 Å². The van der Waals surface area contributed by atoms with E-state index in [1.54, 1.807) is 0 Å². The van der Waals surface area contributed by atoms with Gasteiger partial charge in [-0.25, -0.2) is 4.98 Å². The molecular weight excluding hydrogens is 615 g/mol. The Morgan fingerprint density at radius 1 is 0.408 bits per heavy atom. The van der Waals surface area contributed by atoms with Gasteiger partial charge in [-0.3, -0.25) is 0 Å². The van der Waals surface area contributed by atoms with Gasteiger partial charge in [0.2, 0.25) is 5.89 Å². The summed E-state index contributed by atoms with van der Waals surface area (Å²) in [6, 6.07) is 51.3. The summed E-state index contributed by atoms with van der Waals surface area (Å²) in [5.74, 6) is 0.617. The highest BCUT2D eigenvalue weighted by atomic mass is 19.4. The standard InChI is InChI=1S/C44H26F3NO/c45-44(46,47)38-19-15-28(16-20-38)31-17-21-39-36(25-31)13-14-37-26-35(18-22-40(37)39)34-12-11-32-23-30(9-10-33(32)24-34)27-5-7-29(8-6-27)43-48-41-3-1-2-4-42(41)49-43/h1-26H. The topological polar surface area (TPSA) is 26.0 Å². The van der Waals surface area contributed by atoms with Gasteiger partial charge < -0.3 is 4.42 Å². The molecule has 2 nitrogen and oxygen atoms in total. The summed E-state index contributed by atoms with van der Waals surface area (Å²) < 4.78 is 45.0. The Balaban J connectivity index is 0.978. The second-order valence-corrected chi connectivity index (χ2v) is 12.4. The molecule has 8 aromatic carbocycles. The minimum absolute atomic E-state index is 0.617. The Kier molecular flexibility index (Phi) is 6.63. The molecule has 0 aliphatic heterocycles. The molecule has 234 valence electrons. The molecule has 5 heteroatoms. The SMILES string of the molecule is FC(F)(F)c1ccc(-c2ccc3c(ccc4cc(-c5ccc6cc(-c7ccc(-c8nc9ccccc9o8)cc7)ccc6c5)ccc43)c2)cc1. The van der Waals surface area contributed by atoms with Crippen molar-refractivity contribution in [2.24, 2.45) is 0 Å². The fraction of sp³-hybridized carbons (Fsp3) is 0.0227. The van der Waals surface area contributed by atoms with Crippen LogP contribution in [-0.4, -0.2) is 4.98 Å². The Labute approximate surface area is 279 Å². The highest BCUT2D eigenvalue weighted by Crippen LogP contribution is 2.36. The Hall–Kier alpha value is -6.20. The van der Waals surface area contributed by atoms with E-state index >= 15 is 0 Å². The maximum atomic E-state index is 13.0. The van der Waals surface area contributed by atoms with Gasteiger partial charge in [0.25, 0.3) is 0 Å². The first-order chi connectivity index (χ1) is 23.9. The molecule has 0 spiro atoms. The summed E-state index contributed by atoms with van der Waals surface area (Å²) in [7, 11) is 0. The largest absolute Gasteiger partial charge is 0.436 e. The normalized spacial score (nSPS) is 12.0. The minimum Gasteiger partial charge on any atom is -0.436 e. The van der Waals surface area contributed by atoms with E-state index in [-0.39, 0.29) is 0 Å². The maximum absolute atomic E-state index is 13.0. The summed E-state index contributed by atoms with van der Waals surface area (Å²) >= 11 is 0. The third kappa shape index (κ3) is 5.30. The van der Waals surface area contributed by atoms with Crippen molar-refractivity contribution in [2.45, 2.75) is 6.18 Å². The van der Waals surface area contributed by atoms with Gasteiger partial charge in [0.1, 0.15) is 5.52 Å². The highest BCUT2D eigenvalue weighted by molar-refractivity contribution is 6.09. The quantitative estimate of drug-likeness (QED) is 0.179. The van der Waals surface area contributed by atoms with E-state index in [0.29, 0.717) is 5.89 Å². The van der Waals surface area contributed by atoms with Crippen LogP contribution in [0.1, 0.15) is 5.56 Å². The fourth-order valence-electron chi connectivity index (χ4n) is 6.69. The molecule has 0 bridgehead atoms. The van der Waals surface area contributed by atoms with E-state index in [1.165, 1.54) is 22.9 Å². The van der Waals surface area contributed by atoms with E-state index in [4.69, 9.17) is 4.42 Å². The van der Waals surface area contributed by atoms with Crippen LogP contribution in [0.2, 0.25) is 0 Å². The lowest BCUT2D eigenvalue weighted by atomic mass is 9.94. The average Bonchev–Trinajstić information content (AvgIpc) is 3.58. The third-order valence-corrected chi connectivity index (χ3v) is 9.31. The zero-order valence-corrected chi connectivity index (χ0v) is 26.0. The summed E-state index contributed by atoms with van der Waals surface area (Å²) in [5, 5.41) is 6.74. The van der Waals surface area contributed by atoms with Crippen molar-refractivity contribution in [3.63, 3.8) is 0 Å². The molecule has 1 heterocycles. The van der Waals surface area contributed by atoms with Crippen molar-refractivity contribution in [2.75, 3.05) is 0 Å². The molecule has 0 saturated carbocycles. The first-order valence-electron chi connectivity index (χ1n) is 16.0.